The van der Waals surface area contributed by atoms with Crippen molar-refractivity contribution in [2.75, 3.05) is 19.6 Å². The van der Waals surface area contributed by atoms with Gasteiger partial charge < -0.3 is 16.4 Å². The number of nitrogens with two attached hydrogens (primary N) is 2. The molecule has 0 aromatic carbocycles. The van der Waals surface area contributed by atoms with Crippen molar-refractivity contribution in [1.82, 2.24) is 4.90 Å². The third-order valence-corrected chi connectivity index (χ3v) is 4.70. The van der Waals surface area contributed by atoms with Gasteiger partial charge in [-0.05, 0) is 31.6 Å². The molecule has 1 saturated carbocycles. The van der Waals surface area contributed by atoms with Crippen molar-refractivity contribution in [2.24, 2.45) is 22.8 Å². The van der Waals surface area contributed by atoms with Crippen LogP contribution in [0.5, 0.6) is 0 Å². The van der Waals surface area contributed by atoms with E-state index in [0.29, 0.717) is 19.5 Å². The Balaban J connectivity index is 2.00. The van der Waals surface area contributed by atoms with E-state index in [1.54, 1.807) is 0 Å². The third kappa shape index (κ3) is 3.08. The zero-order valence-electron chi connectivity index (χ0n) is 11.6. The normalized spacial score (nSPS) is 26.4. The summed E-state index contributed by atoms with van der Waals surface area (Å²) in [5.74, 6) is 0.168. The Morgan fingerprint density at radius 2 is 1.89 bits per heavy atom. The molecule has 2 fully saturated rings. The van der Waals surface area contributed by atoms with E-state index in [9.17, 15) is 9.59 Å². The number of likely N-dealkylation sites (tertiary alicyclic amines) is 1. The first-order chi connectivity index (χ1) is 9.07. The van der Waals surface area contributed by atoms with Crippen LogP contribution in [0.3, 0.4) is 0 Å². The fourth-order valence-corrected chi connectivity index (χ4v) is 3.59. The molecule has 1 heterocycles. The minimum atomic E-state index is -0.325. The van der Waals surface area contributed by atoms with Crippen LogP contribution in [0.2, 0.25) is 0 Å². The van der Waals surface area contributed by atoms with E-state index < -0.39 is 0 Å². The molecule has 2 aliphatic rings. The van der Waals surface area contributed by atoms with Gasteiger partial charge in [-0.1, -0.05) is 12.8 Å². The van der Waals surface area contributed by atoms with Crippen molar-refractivity contribution in [3.8, 4) is 0 Å². The number of hydrogen-bond acceptors (Lipinski definition) is 3. The van der Waals surface area contributed by atoms with Crippen molar-refractivity contribution in [1.29, 1.82) is 0 Å². The van der Waals surface area contributed by atoms with Gasteiger partial charge in [0, 0.05) is 26.1 Å². The highest BCUT2D eigenvalue weighted by Gasteiger charge is 2.43. The van der Waals surface area contributed by atoms with Crippen LogP contribution < -0.4 is 11.5 Å². The van der Waals surface area contributed by atoms with Gasteiger partial charge in [0.05, 0.1) is 5.41 Å². The Morgan fingerprint density at radius 3 is 2.47 bits per heavy atom. The average Bonchev–Trinajstić information content (AvgIpc) is 2.87. The molecule has 0 aromatic rings. The molecule has 1 aliphatic carbocycles. The van der Waals surface area contributed by atoms with Gasteiger partial charge in [0.25, 0.3) is 0 Å². The summed E-state index contributed by atoms with van der Waals surface area (Å²) in [6, 6.07) is 0. The van der Waals surface area contributed by atoms with Crippen LogP contribution in [0.25, 0.3) is 0 Å². The lowest BCUT2D eigenvalue weighted by Gasteiger charge is -2.38. The van der Waals surface area contributed by atoms with Crippen LogP contribution in [0.1, 0.15) is 44.9 Å². The Bertz CT molecular complexity index is 351. The molecule has 5 nitrogen and oxygen atoms in total. The first-order valence-electron chi connectivity index (χ1n) is 7.35. The molecule has 0 radical (unpaired) electrons. The maximum absolute atomic E-state index is 12.7. The number of amides is 2. The van der Waals surface area contributed by atoms with Gasteiger partial charge in [0.2, 0.25) is 11.8 Å². The van der Waals surface area contributed by atoms with Crippen LogP contribution in [-0.2, 0) is 9.59 Å². The molecule has 5 heteroatoms. The van der Waals surface area contributed by atoms with Crippen LogP contribution in [-0.4, -0.2) is 36.3 Å². The van der Waals surface area contributed by atoms with Gasteiger partial charge in [-0.2, -0.15) is 0 Å². The van der Waals surface area contributed by atoms with Gasteiger partial charge in [-0.15, -0.1) is 0 Å². The van der Waals surface area contributed by atoms with Crippen molar-refractivity contribution in [3.05, 3.63) is 0 Å². The summed E-state index contributed by atoms with van der Waals surface area (Å²) in [6.45, 7) is 1.92. The summed E-state index contributed by atoms with van der Waals surface area (Å²) in [6.07, 6.45) is 6.37. The molecule has 108 valence electrons. The first kappa shape index (κ1) is 14.3. The molecule has 4 N–H and O–H groups in total. The lowest BCUT2D eigenvalue weighted by Crippen LogP contribution is -2.50. The number of primary amides is 1. The number of piperidine rings is 1. The number of carbonyl (C=O) groups excluding carboxylic acids is 2. The van der Waals surface area contributed by atoms with Crippen molar-refractivity contribution in [2.45, 2.75) is 44.9 Å². The monoisotopic (exact) mass is 267 g/mol. The quantitative estimate of drug-likeness (QED) is 0.782. The minimum absolute atomic E-state index is 0.210. The van der Waals surface area contributed by atoms with E-state index in [0.717, 1.165) is 45.1 Å². The maximum Gasteiger partial charge on any atom is 0.230 e. The Labute approximate surface area is 114 Å². The highest BCUT2D eigenvalue weighted by atomic mass is 16.2. The summed E-state index contributed by atoms with van der Waals surface area (Å²) in [7, 11) is 0. The van der Waals surface area contributed by atoms with E-state index in [1.807, 2.05) is 4.90 Å². The summed E-state index contributed by atoms with van der Waals surface area (Å²) < 4.78 is 0. The smallest absolute Gasteiger partial charge is 0.230 e. The molecule has 1 atom stereocenters. The number of carbonyl (C=O) groups is 2. The molecule has 19 heavy (non-hydrogen) atoms. The number of rotatable bonds is 4. The van der Waals surface area contributed by atoms with Crippen molar-refractivity contribution >= 4 is 11.8 Å². The molecule has 0 spiro atoms. The fraction of sp³-hybridized carbons (Fsp3) is 0.857. The Morgan fingerprint density at radius 1 is 1.21 bits per heavy atom. The molecule has 0 bridgehead atoms. The van der Waals surface area contributed by atoms with Crippen molar-refractivity contribution in [3.63, 3.8) is 0 Å². The summed E-state index contributed by atoms with van der Waals surface area (Å²) in [4.78, 5) is 25.7. The van der Waals surface area contributed by atoms with Gasteiger partial charge in [-0.3, -0.25) is 9.59 Å². The van der Waals surface area contributed by atoms with E-state index in [1.165, 1.54) is 0 Å². The fourth-order valence-electron chi connectivity index (χ4n) is 3.59. The van der Waals surface area contributed by atoms with Crippen molar-refractivity contribution < 1.29 is 9.59 Å². The van der Waals surface area contributed by atoms with Crippen LogP contribution >= 0.6 is 0 Å². The summed E-state index contributed by atoms with van der Waals surface area (Å²) >= 11 is 0. The van der Waals surface area contributed by atoms with Gasteiger partial charge >= 0.3 is 0 Å². The second-order valence-electron chi connectivity index (χ2n) is 6.12. The van der Waals surface area contributed by atoms with E-state index in [-0.39, 0.29) is 23.1 Å². The lowest BCUT2D eigenvalue weighted by molar-refractivity contribution is -0.143. The molecule has 1 saturated heterocycles. The maximum atomic E-state index is 12.7. The topological polar surface area (TPSA) is 89.4 Å². The van der Waals surface area contributed by atoms with Crippen LogP contribution in [0.4, 0.5) is 0 Å². The summed E-state index contributed by atoms with van der Waals surface area (Å²) in [5, 5.41) is 0. The zero-order chi connectivity index (χ0) is 13.9. The predicted molar refractivity (Wildman–Crippen MR) is 73.1 cm³/mol. The average molecular weight is 267 g/mol. The second kappa shape index (κ2) is 5.90. The van der Waals surface area contributed by atoms with E-state index in [4.69, 9.17) is 11.5 Å². The zero-order valence-corrected chi connectivity index (χ0v) is 11.6. The van der Waals surface area contributed by atoms with Gasteiger partial charge in [-0.25, -0.2) is 0 Å². The van der Waals surface area contributed by atoms with Gasteiger partial charge in [0.15, 0.2) is 0 Å². The third-order valence-electron chi connectivity index (χ3n) is 4.70. The highest BCUT2D eigenvalue weighted by Crippen LogP contribution is 2.39. The molecular weight excluding hydrogens is 242 g/mol. The Kier molecular flexibility index (Phi) is 4.45. The first-order valence-corrected chi connectivity index (χ1v) is 7.35. The molecular formula is C14H25N3O2. The highest BCUT2D eigenvalue weighted by molar-refractivity contribution is 5.83. The van der Waals surface area contributed by atoms with Gasteiger partial charge in [0.1, 0.15) is 0 Å². The predicted octanol–water partition coefficient (Wildman–Crippen LogP) is 0.619. The van der Waals surface area contributed by atoms with E-state index in [2.05, 4.69) is 0 Å². The number of hydrogen-bond donors (Lipinski definition) is 2. The largest absolute Gasteiger partial charge is 0.370 e. The SMILES string of the molecule is NCC1(C(=O)N2CCC[C@H](CC(N)=O)C2)CCCC1. The molecule has 2 amide bonds. The molecule has 2 rings (SSSR count). The molecule has 0 unspecified atom stereocenters. The van der Waals surface area contributed by atoms with E-state index >= 15 is 0 Å². The summed E-state index contributed by atoms with van der Waals surface area (Å²) in [5.41, 5.74) is 10.8. The molecule has 1 aliphatic heterocycles. The second-order valence-corrected chi connectivity index (χ2v) is 6.12. The van der Waals surface area contributed by atoms with Crippen LogP contribution in [0.15, 0.2) is 0 Å². The lowest BCUT2D eigenvalue weighted by atomic mass is 9.83. The number of nitrogens with zero attached hydrogens (tertiary/aromatic N) is 1. The van der Waals surface area contributed by atoms with Crippen LogP contribution in [0, 0.1) is 11.3 Å². The standard InChI is InChI=1S/C14H25N3O2/c15-10-14(5-1-2-6-14)13(19)17-7-3-4-11(9-17)8-12(16)18/h11H,1-10,15H2,(H2,16,18)/t11-/m1/s1. The molecule has 0 aromatic heterocycles. The minimum Gasteiger partial charge on any atom is -0.370 e. The Hall–Kier alpha value is -1.10.